The largest absolute Gasteiger partial charge is 0.322 e. The van der Waals surface area contributed by atoms with Gasteiger partial charge in [0.25, 0.3) is 27.4 Å². The topological polar surface area (TPSA) is 135 Å². The quantitative estimate of drug-likeness (QED) is 0.172. The number of amides is 2. The number of carbonyl (C=O) groups excluding carboxylic acids is 2. The fraction of sp³-hybridized carbons (Fsp3) is 0.118. The van der Waals surface area contributed by atoms with Gasteiger partial charge in [-0.2, -0.15) is 5.10 Å². The maximum absolute atomic E-state index is 13.9. The fourth-order valence-electron chi connectivity index (χ4n) is 4.81. The van der Waals surface area contributed by atoms with Gasteiger partial charge in [0.1, 0.15) is 12.2 Å². The van der Waals surface area contributed by atoms with Crippen LogP contribution in [0.3, 0.4) is 0 Å². The Morgan fingerprint density at radius 2 is 1.37 bits per heavy atom. The minimum absolute atomic E-state index is 0.0733. The highest BCUT2D eigenvalue weighted by atomic mass is 32.2. The molecular formula is C34H32N6O5S. The number of rotatable bonds is 10. The summed E-state index contributed by atoms with van der Waals surface area (Å²) in [7, 11) is -2.70. The van der Waals surface area contributed by atoms with Crippen LogP contribution in [0, 0.1) is 6.92 Å². The fourth-order valence-corrected chi connectivity index (χ4v) is 6.30. The molecule has 4 aromatic carbocycles. The van der Waals surface area contributed by atoms with E-state index in [2.05, 4.69) is 15.8 Å². The van der Waals surface area contributed by atoms with Crippen molar-refractivity contribution in [3.8, 4) is 5.69 Å². The molecule has 0 fully saturated rings. The molecule has 1 heterocycles. The van der Waals surface area contributed by atoms with Gasteiger partial charge in [0.15, 0.2) is 0 Å². The van der Waals surface area contributed by atoms with Gasteiger partial charge in [0, 0.05) is 18.3 Å². The first-order valence-corrected chi connectivity index (χ1v) is 15.7. The highest BCUT2D eigenvalue weighted by Gasteiger charge is 2.33. The third-order valence-electron chi connectivity index (χ3n) is 7.34. The minimum Gasteiger partial charge on any atom is -0.322 e. The number of sulfonamides is 1. The van der Waals surface area contributed by atoms with E-state index in [1.165, 1.54) is 16.8 Å². The van der Waals surface area contributed by atoms with Crippen molar-refractivity contribution in [3.63, 3.8) is 0 Å². The first-order valence-electron chi connectivity index (χ1n) is 14.3. The number of anilines is 2. The zero-order valence-corrected chi connectivity index (χ0v) is 26.2. The number of hydrogen-bond acceptors (Lipinski definition) is 6. The van der Waals surface area contributed by atoms with E-state index in [1.807, 2.05) is 12.1 Å². The van der Waals surface area contributed by atoms with Crippen LogP contribution in [0.15, 0.2) is 130 Å². The molecule has 234 valence electrons. The average Bonchev–Trinajstić information content (AvgIpc) is 3.30. The molecule has 11 nitrogen and oxygen atoms in total. The molecule has 0 unspecified atom stereocenters. The average molecular weight is 637 g/mol. The van der Waals surface area contributed by atoms with Crippen LogP contribution in [0.5, 0.6) is 0 Å². The Balaban J connectivity index is 1.39. The van der Waals surface area contributed by atoms with E-state index in [0.29, 0.717) is 33.9 Å². The number of carbonyl (C=O) groups is 2. The van der Waals surface area contributed by atoms with Crippen LogP contribution in [-0.4, -0.2) is 41.9 Å². The Hall–Kier alpha value is -5.75. The van der Waals surface area contributed by atoms with Gasteiger partial charge < -0.3 is 5.32 Å². The summed E-state index contributed by atoms with van der Waals surface area (Å²) < 4.78 is 31.5. The lowest BCUT2D eigenvalue weighted by Crippen LogP contribution is -2.42. The molecule has 0 saturated carbocycles. The zero-order valence-electron chi connectivity index (χ0n) is 25.4. The number of aromatic nitrogens is 2. The van der Waals surface area contributed by atoms with Gasteiger partial charge in [0.2, 0.25) is 0 Å². The highest BCUT2D eigenvalue weighted by molar-refractivity contribution is 7.92. The van der Waals surface area contributed by atoms with Gasteiger partial charge in [-0.3, -0.25) is 19.1 Å². The third kappa shape index (κ3) is 6.66. The number of benzene rings is 4. The maximum Gasteiger partial charge on any atom is 0.296 e. The summed E-state index contributed by atoms with van der Waals surface area (Å²) in [4.78, 5) is 39.4. The number of para-hydroxylation sites is 1. The zero-order chi connectivity index (χ0) is 32.8. The molecule has 0 radical (unpaired) electrons. The normalized spacial score (nSPS) is 11.6. The summed E-state index contributed by atoms with van der Waals surface area (Å²) in [5, 5.41) is 6.99. The molecule has 2 N–H and O–H groups in total. The first-order chi connectivity index (χ1) is 22.1. The second-order valence-electron chi connectivity index (χ2n) is 10.4. The predicted octanol–water partition coefficient (Wildman–Crippen LogP) is 4.47. The van der Waals surface area contributed by atoms with Gasteiger partial charge >= 0.3 is 0 Å². The Bertz CT molecular complexity index is 2060. The molecular weight excluding hydrogens is 604 g/mol. The van der Waals surface area contributed by atoms with E-state index in [-0.39, 0.29) is 16.5 Å². The van der Waals surface area contributed by atoms with Crippen LogP contribution in [0.25, 0.3) is 5.69 Å². The SMILES string of the molecule is C/C(=N/NC(=O)CN(c1c(C)n(C)n(-c2ccccc2)c1=O)S(=O)(=O)c1ccccc1)c1ccc(NC(=O)c2ccccc2)cc1. The van der Waals surface area contributed by atoms with Crippen molar-refractivity contribution in [2.45, 2.75) is 18.7 Å². The monoisotopic (exact) mass is 636 g/mol. The minimum atomic E-state index is -4.34. The number of hydrogen-bond donors (Lipinski definition) is 2. The highest BCUT2D eigenvalue weighted by Crippen LogP contribution is 2.25. The lowest BCUT2D eigenvalue weighted by Gasteiger charge is -2.22. The van der Waals surface area contributed by atoms with Crippen molar-refractivity contribution in [2.24, 2.45) is 12.1 Å². The summed E-state index contributed by atoms with van der Waals surface area (Å²) in [6.07, 6.45) is 0. The van der Waals surface area contributed by atoms with E-state index in [9.17, 15) is 22.8 Å². The van der Waals surface area contributed by atoms with E-state index >= 15 is 0 Å². The van der Waals surface area contributed by atoms with Gasteiger partial charge in [-0.1, -0.05) is 66.7 Å². The summed E-state index contributed by atoms with van der Waals surface area (Å²) >= 11 is 0. The molecule has 0 bridgehead atoms. The van der Waals surface area contributed by atoms with Crippen LogP contribution < -0.4 is 20.6 Å². The lowest BCUT2D eigenvalue weighted by atomic mass is 10.1. The van der Waals surface area contributed by atoms with E-state index < -0.39 is 28.0 Å². The van der Waals surface area contributed by atoms with E-state index in [4.69, 9.17) is 0 Å². The van der Waals surface area contributed by atoms with E-state index in [0.717, 1.165) is 4.31 Å². The number of nitrogens with one attached hydrogen (secondary N) is 2. The van der Waals surface area contributed by atoms with Gasteiger partial charge in [-0.05, 0) is 67.9 Å². The van der Waals surface area contributed by atoms with Crippen molar-refractivity contribution in [2.75, 3.05) is 16.2 Å². The Morgan fingerprint density at radius 3 is 1.98 bits per heavy atom. The van der Waals surface area contributed by atoms with Crippen molar-refractivity contribution in [3.05, 3.63) is 142 Å². The van der Waals surface area contributed by atoms with E-state index in [1.54, 1.807) is 117 Å². The summed E-state index contributed by atoms with van der Waals surface area (Å²) in [5.74, 6) is -0.996. The predicted molar refractivity (Wildman–Crippen MR) is 178 cm³/mol. The first kappa shape index (κ1) is 31.7. The van der Waals surface area contributed by atoms with Crippen molar-refractivity contribution in [1.82, 2.24) is 14.8 Å². The second kappa shape index (κ2) is 13.5. The summed E-state index contributed by atoms with van der Waals surface area (Å²) in [6, 6.07) is 32.1. The molecule has 5 rings (SSSR count). The number of nitrogens with zero attached hydrogens (tertiary/aromatic N) is 4. The van der Waals surface area contributed by atoms with Crippen LogP contribution in [0.1, 0.15) is 28.5 Å². The van der Waals surface area contributed by atoms with Crippen molar-refractivity contribution < 1.29 is 18.0 Å². The van der Waals surface area contributed by atoms with Crippen LogP contribution in [0.4, 0.5) is 11.4 Å². The number of hydrazone groups is 1. The molecule has 5 aromatic rings. The summed E-state index contributed by atoms with van der Waals surface area (Å²) in [5.41, 5.74) is 4.77. The van der Waals surface area contributed by atoms with Gasteiger partial charge in [-0.25, -0.2) is 22.8 Å². The molecule has 0 saturated heterocycles. The van der Waals surface area contributed by atoms with Crippen LogP contribution in [0.2, 0.25) is 0 Å². The molecule has 2 amide bonds. The Kier molecular flexibility index (Phi) is 9.29. The molecule has 0 spiro atoms. The summed E-state index contributed by atoms with van der Waals surface area (Å²) in [6.45, 7) is 2.60. The molecule has 12 heteroatoms. The maximum atomic E-state index is 13.9. The second-order valence-corrected chi connectivity index (χ2v) is 12.2. The molecule has 0 atom stereocenters. The van der Waals surface area contributed by atoms with Crippen molar-refractivity contribution >= 4 is 38.9 Å². The standard InChI is InChI=1S/C34H32N6O5S/c1-24(26-19-21-28(22-20-26)35-33(42)27-13-7-4-8-14-27)36-37-31(41)23-39(46(44,45)30-17-11-6-12-18-30)32-25(2)38(3)40(34(32)43)29-15-9-5-10-16-29/h4-22H,23H2,1-3H3,(H,35,42)(H,37,41)/b36-24-. The lowest BCUT2D eigenvalue weighted by molar-refractivity contribution is -0.119. The van der Waals surface area contributed by atoms with Gasteiger partial charge in [0.05, 0.1) is 22.0 Å². The van der Waals surface area contributed by atoms with Crippen molar-refractivity contribution in [1.29, 1.82) is 0 Å². The Labute approximate surface area is 266 Å². The molecule has 0 aliphatic carbocycles. The smallest absolute Gasteiger partial charge is 0.296 e. The molecule has 0 aliphatic rings. The molecule has 1 aromatic heterocycles. The molecule has 46 heavy (non-hydrogen) atoms. The van der Waals surface area contributed by atoms with Crippen LogP contribution >= 0.6 is 0 Å². The van der Waals surface area contributed by atoms with Crippen LogP contribution in [-0.2, 0) is 21.9 Å². The third-order valence-corrected chi connectivity index (χ3v) is 9.10. The van der Waals surface area contributed by atoms with Gasteiger partial charge in [-0.15, -0.1) is 0 Å². The Morgan fingerprint density at radius 1 is 0.804 bits per heavy atom. The molecule has 0 aliphatic heterocycles.